The maximum Gasteiger partial charge on any atom is 0.146 e. The van der Waals surface area contributed by atoms with Gasteiger partial charge < -0.3 is 10.6 Å². The minimum atomic E-state index is -0.188. The van der Waals surface area contributed by atoms with Gasteiger partial charge in [0.25, 0.3) is 0 Å². The van der Waals surface area contributed by atoms with Gasteiger partial charge in [0.1, 0.15) is 5.82 Å². The molecule has 2 atom stereocenters. The molecule has 0 aromatic heterocycles. The van der Waals surface area contributed by atoms with Crippen LogP contribution < -0.4 is 10.6 Å². The predicted molar refractivity (Wildman–Crippen MR) is 79.9 cm³/mol. The number of hydrogen-bond donors (Lipinski definition) is 1. The number of nitrogens with zero attached hydrogens (tertiary/aromatic N) is 1. The molecule has 1 aromatic carbocycles. The second-order valence-corrected chi connectivity index (χ2v) is 5.51. The van der Waals surface area contributed by atoms with E-state index in [0.29, 0.717) is 11.7 Å². The lowest BCUT2D eigenvalue weighted by Crippen LogP contribution is -2.35. The zero-order valence-corrected chi connectivity index (χ0v) is 12.4. The second kappa shape index (κ2) is 7.00. The molecule has 2 nitrogen and oxygen atoms in total. The number of para-hydroxylation sites is 1. The van der Waals surface area contributed by atoms with E-state index in [-0.39, 0.29) is 11.9 Å². The van der Waals surface area contributed by atoms with Crippen LogP contribution in [-0.2, 0) is 0 Å². The summed E-state index contributed by atoms with van der Waals surface area (Å²) in [6, 6.07) is 5.30. The van der Waals surface area contributed by atoms with Gasteiger partial charge >= 0.3 is 0 Å². The highest BCUT2D eigenvalue weighted by Crippen LogP contribution is 2.30. The molecular formula is C14H23FN2S. The third kappa shape index (κ3) is 3.39. The molecule has 18 heavy (non-hydrogen) atoms. The number of rotatable bonds is 6. The maximum absolute atomic E-state index is 14.1. The van der Waals surface area contributed by atoms with Crippen molar-refractivity contribution in [3.05, 3.63) is 29.6 Å². The normalized spacial score (nSPS) is 14.3. The standard InChI is InChI=1S/C14H23FN2S/c1-5-11(9-18-4)17(3)14-12(10(2)16)7-6-8-13(14)15/h6-8,10-11H,5,9,16H2,1-4H3/t10-,11?/m0/s1. The fourth-order valence-electron chi connectivity index (χ4n) is 2.15. The summed E-state index contributed by atoms with van der Waals surface area (Å²) in [5, 5.41) is 0. The predicted octanol–water partition coefficient (Wildman–Crippen LogP) is 3.42. The summed E-state index contributed by atoms with van der Waals surface area (Å²) in [7, 11) is 1.95. The van der Waals surface area contributed by atoms with Crippen molar-refractivity contribution in [1.29, 1.82) is 0 Å². The lowest BCUT2D eigenvalue weighted by atomic mass is 10.0. The Bertz CT molecular complexity index is 382. The third-order valence-corrected chi connectivity index (χ3v) is 3.96. The van der Waals surface area contributed by atoms with Gasteiger partial charge in [0.2, 0.25) is 0 Å². The zero-order chi connectivity index (χ0) is 13.7. The van der Waals surface area contributed by atoms with E-state index in [9.17, 15) is 4.39 Å². The Morgan fingerprint density at radius 1 is 1.44 bits per heavy atom. The van der Waals surface area contributed by atoms with Crippen LogP contribution in [0.3, 0.4) is 0 Å². The van der Waals surface area contributed by atoms with Gasteiger partial charge in [-0.25, -0.2) is 4.39 Å². The molecule has 102 valence electrons. The Labute approximate surface area is 114 Å². The summed E-state index contributed by atoms with van der Waals surface area (Å²) >= 11 is 1.78. The van der Waals surface area contributed by atoms with Gasteiger partial charge in [-0.3, -0.25) is 0 Å². The molecule has 1 rings (SSSR count). The molecule has 0 aliphatic heterocycles. The largest absolute Gasteiger partial charge is 0.368 e. The van der Waals surface area contributed by atoms with Crippen LogP contribution in [0.25, 0.3) is 0 Å². The summed E-state index contributed by atoms with van der Waals surface area (Å²) in [6.45, 7) is 4.02. The number of hydrogen-bond acceptors (Lipinski definition) is 3. The van der Waals surface area contributed by atoms with Gasteiger partial charge in [0, 0.05) is 24.9 Å². The van der Waals surface area contributed by atoms with Crippen molar-refractivity contribution in [2.24, 2.45) is 5.73 Å². The highest BCUT2D eigenvalue weighted by atomic mass is 32.2. The van der Waals surface area contributed by atoms with E-state index in [1.54, 1.807) is 17.8 Å². The molecule has 0 spiro atoms. The van der Waals surface area contributed by atoms with E-state index in [1.807, 2.05) is 24.9 Å². The smallest absolute Gasteiger partial charge is 0.146 e. The molecular weight excluding hydrogens is 247 g/mol. The van der Waals surface area contributed by atoms with E-state index in [1.165, 1.54) is 6.07 Å². The first kappa shape index (κ1) is 15.3. The van der Waals surface area contributed by atoms with Crippen LogP contribution in [0.1, 0.15) is 31.9 Å². The molecule has 0 radical (unpaired) electrons. The first-order chi connectivity index (χ1) is 8.52. The van der Waals surface area contributed by atoms with Crippen molar-refractivity contribution in [2.45, 2.75) is 32.4 Å². The quantitative estimate of drug-likeness (QED) is 0.859. The molecule has 0 saturated heterocycles. The van der Waals surface area contributed by atoms with Crippen LogP contribution in [0.4, 0.5) is 10.1 Å². The highest BCUT2D eigenvalue weighted by molar-refractivity contribution is 7.98. The molecule has 0 aliphatic carbocycles. The number of nitrogens with two attached hydrogens (primary N) is 1. The molecule has 0 fully saturated rings. The van der Waals surface area contributed by atoms with Gasteiger partial charge in [0.15, 0.2) is 0 Å². The molecule has 0 aliphatic rings. The van der Waals surface area contributed by atoms with Crippen molar-refractivity contribution in [3.8, 4) is 0 Å². The Morgan fingerprint density at radius 3 is 2.61 bits per heavy atom. The summed E-state index contributed by atoms with van der Waals surface area (Å²) in [4.78, 5) is 2.03. The monoisotopic (exact) mass is 270 g/mol. The van der Waals surface area contributed by atoms with E-state index in [4.69, 9.17) is 5.73 Å². The zero-order valence-electron chi connectivity index (χ0n) is 11.6. The molecule has 4 heteroatoms. The highest BCUT2D eigenvalue weighted by Gasteiger charge is 2.20. The summed E-state index contributed by atoms with van der Waals surface area (Å²) in [5.74, 6) is 0.798. The van der Waals surface area contributed by atoms with E-state index < -0.39 is 0 Å². The minimum Gasteiger partial charge on any atom is -0.368 e. The van der Waals surface area contributed by atoms with Gasteiger partial charge in [-0.05, 0) is 31.2 Å². The average Bonchev–Trinajstić information content (AvgIpc) is 2.34. The number of halogens is 1. The number of benzene rings is 1. The van der Waals surface area contributed by atoms with Crippen LogP contribution in [-0.4, -0.2) is 25.1 Å². The number of anilines is 1. The van der Waals surface area contributed by atoms with Gasteiger partial charge in [-0.15, -0.1) is 0 Å². The Morgan fingerprint density at radius 2 is 2.11 bits per heavy atom. The molecule has 0 amide bonds. The molecule has 0 saturated carbocycles. The molecule has 1 unspecified atom stereocenters. The SMILES string of the molecule is CCC(CSC)N(C)c1c(F)cccc1[C@H](C)N. The van der Waals surface area contributed by atoms with Gasteiger partial charge in [0.05, 0.1) is 5.69 Å². The maximum atomic E-state index is 14.1. The van der Waals surface area contributed by atoms with E-state index in [2.05, 4.69) is 13.2 Å². The van der Waals surface area contributed by atoms with Crippen molar-refractivity contribution in [2.75, 3.05) is 24.0 Å². The van der Waals surface area contributed by atoms with Crippen LogP contribution >= 0.6 is 11.8 Å². The molecule has 1 aromatic rings. The Balaban J connectivity index is 3.13. The number of thioether (sulfide) groups is 1. The third-order valence-electron chi connectivity index (χ3n) is 3.24. The summed E-state index contributed by atoms with van der Waals surface area (Å²) in [6.07, 6.45) is 3.06. The lowest BCUT2D eigenvalue weighted by Gasteiger charge is -2.31. The molecule has 2 N–H and O–H groups in total. The van der Waals surface area contributed by atoms with Crippen molar-refractivity contribution in [3.63, 3.8) is 0 Å². The second-order valence-electron chi connectivity index (χ2n) is 4.59. The van der Waals surface area contributed by atoms with E-state index in [0.717, 1.165) is 17.7 Å². The van der Waals surface area contributed by atoms with E-state index >= 15 is 0 Å². The van der Waals surface area contributed by atoms with Crippen LogP contribution in [0.15, 0.2) is 18.2 Å². The van der Waals surface area contributed by atoms with Crippen LogP contribution in [0.5, 0.6) is 0 Å². The first-order valence-corrected chi connectivity index (χ1v) is 7.68. The fraction of sp³-hybridized carbons (Fsp3) is 0.571. The Hall–Kier alpha value is -0.740. The lowest BCUT2D eigenvalue weighted by molar-refractivity contribution is 0.595. The minimum absolute atomic E-state index is 0.162. The van der Waals surface area contributed by atoms with Crippen molar-refractivity contribution in [1.82, 2.24) is 0 Å². The summed E-state index contributed by atoms with van der Waals surface area (Å²) < 4.78 is 14.1. The van der Waals surface area contributed by atoms with Gasteiger partial charge in [-0.2, -0.15) is 11.8 Å². The molecule has 0 heterocycles. The fourth-order valence-corrected chi connectivity index (χ4v) is 2.99. The van der Waals surface area contributed by atoms with Crippen molar-refractivity contribution >= 4 is 17.4 Å². The first-order valence-electron chi connectivity index (χ1n) is 6.28. The van der Waals surface area contributed by atoms with Crippen LogP contribution in [0.2, 0.25) is 0 Å². The topological polar surface area (TPSA) is 29.3 Å². The Kier molecular flexibility index (Phi) is 5.96. The van der Waals surface area contributed by atoms with Gasteiger partial charge in [-0.1, -0.05) is 19.1 Å². The average molecular weight is 270 g/mol. The molecule has 0 bridgehead atoms. The van der Waals surface area contributed by atoms with Crippen LogP contribution in [0, 0.1) is 5.82 Å². The summed E-state index contributed by atoms with van der Waals surface area (Å²) in [5.41, 5.74) is 7.46. The van der Waals surface area contributed by atoms with Crippen molar-refractivity contribution < 1.29 is 4.39 Å².